The van der Waals surface area contributed by atoms with E-state index in [4.69, 9.17) is 0 Å². The molecule has 0 radical (unpaired) electrons. The number of aromatic amines is 1. The third-order valence-electron chi connectivity index (χ3n) is 3.91. The second kappa shape index (κ2) is 6.51. The third-order valence-corrected chi connectivity index (χ3v) is 3.91. The number of carbonyl (C=O) groups is 3. The zero-order valence-corrected chi connectivity index (χ0v) is 12.6. The number of nitrogens with one attached hydrogen (secondary N) is 3. The maximum atomic E-state index is 12.0. The molecule has 23 heavy (non-hydrogen) atoms. The number of hydrogen-bond acceptors (Lipinski definition) is 3. The summed E-state index contributed by atoms with van der Waals surface area (Å²) >= 11 is 0. The number of H-pyrrole nitrogens is 1. The van der Waals surface area contributed by atoms with Crippen LogP contribution in [0.15, 0.2) is 30.5 Å². The predicted octanol–water partition coefficient (Wildman–Crippen LogP) is 0.845. The van der Waals surface area contributed by atoms with Gasteiger partial charge in [-0.25, -0.2) is 0 Å². The van der Waals surface area contributed by atoms with Crippen LogP contribution < -0.4 is 10.6 Å². The van der Waals surface area contributed by atoms with Gasteiger partial charge in [-0.05, 0) is 31.0 Å². The van der Waals surface area contributed by atoms with E-state index in [-0.39, 0.29) is 12.5 Å². The Morgan fingerprint density at radius 1 is 1.09 bits per heavy atom. The molecule has 2 aromatic rings. The van der Waals surface area contributed by atoms with Crippen molar-refractivity contribution in [2.45, 2.75) is 12.8 Å². The van der Waals surface area contributed by atoms with Gasteiger partial charge in [0.1, 0.15) is 0 Å². The van der Waals surface area contributed by atoms with Crippen LogP contribution in [-0.2, 0) is 14.4 Å². The van der Waals surface area contributed by atoms with Crippen molar-refractivity contribution in [3.05, 3.63) is 30.5 Å². The van der Waals surface area contributed by atoms with Gasteiger partial charge in [-0.2, -0.15) is 0 Å². The Bertz CT molecular complexity index is 747. The molecule has 0 spiro atoms. The van der Waals surface area contributed by atoms with E-state index >= 15 is 0 Å². The number of hydrogen-bond donors (Lipinski definition) is 3. The molecule has 0 atom stereocenters. The number of carbonyl (C=O) groups excluding carboxylic acids is 3. The van der Waals surface area contributed by atoms with Crippen LogP contribution in [0.4, 0.5) is 5.69 Å². The van der Waals surface area contributed by atoms with Crippen LogP contribution in [0.2, 0.25) is 0 Å². The lowest BCUT2D eigenvalue weighted by atomic mass is 10.2. The second-order valence-electron chi connectivity index (χ2n) is 5.47. The van der Waals surface area contributed by atoms with E-state index in [9.17, 15) is 14.4 Å². The molecule has 1 aliphatic heterocycles. The maximum absolute atomic E-state index is 12.0. The minimum absolute atomic E-state index is 0.152. The van der Waals surface area contributed by atoms with Crippen molar-refractivity contribution in [2.24, 2.45) is 0 Å². The summed E-state index contributed by atoms with van der Waals surface area (Å²) in [7, 11) is 0. The molecule has 1 aromatic carbocycles. The minimum atomic E-state index is -0.815. The van der Waals surface area contributed by atoms with Gasteiger partial charge in [0.2, 0.25) is 5.91 Å². The summed E-state index contributed by atoms with van der Waals surface area (Å²) in [5.74, 6) is -1.76. The smallest absolute Gasteiger partial charge is 0.313 e. The molecule has 2 heterocycles. The van der Waals surface area contributed by atoms with Crippen LogP contribution in [0.1, 0.15) is 12.8 Å². The van der Waals surface area contributed by atoms with E-state index in [1.165, 1.54) is 0 Å². The Labute approximate surface area is 133 Å². The summed E-state index contributed by atoms with van der Waals surface area (Å²) in [4.78, 5) is 40.4. The normalized spacial score (nSPS) is 14.0. The second-order valence-corrected chi connectivity index (χ2v) is 5.47. The van der Waals surface area contributed by atoms with E-state index < -0.39 is 11.8 Å². The highest BCUT2D eigenvalue weighted by Crippen LogP contribution is 2.21. The molecule has 1 saturated heterocycles. The van der Waals surface area contributed by atoms with Crippen LogP contribution >= 0.6 is 0 Å². The molecule has 0 aliphatic carbocycles. The predicted molar refractivity (Wildman–Crippen MR) is 85.8 cm³/mol. The van der Waals surface area contributed by atoms with Crippen molar-refractivity contribution in [2.75, 3.05) is 25.0 Å². The fourth-order valence-electron chi connectivity index (χ4n) is 2.69. The fraction of sp³-hybridized carbons (Fsp3) is 0.312. The number of benzene rings is 1. The van der Waals surface area contributed by atoms with Crippen molar-refractivity contribution in [1.82, 2.24) is 15.2 Å². The summed E-state index contributed by atoms with van der Waals surface area (Å²) in [5, 5.41) is 5.76. The summed E-state index contributed by atoms with van der Waals surface area (Å²) in [5.41, 5.74) is 1.42. The molecule has 7 nitrogen and oxygen atoms in total. The zero-order valence-electron chi connectivity index (χ0n) is 12.6. The van der Waals surface area contributed by atoms with Crippen LogP contribution in [-0.4, -0.2) is 47.2 Å². The lowest BCUT2D eigenvalue weighted by Crippen LogP contribution is -2.42. The van der Waals surface area contributed by atoms with Crippen molar-refractivity contribution >= 4 is 34.3 Å². The molecule has 3 amide bonds. The minimum Gasteiger partial charge on any atom is -0.361 e. The average Bonchev–Trinajstić information content (AvgIpc) is 3.23. The van der Waals surface area contributed by atoms with E-state index in [0.717, 1.165) is 36.8 Å². The van der Waals surface area contributed by atoms with E-state index in [2.05, 4.69) is 15.6 Å². The van der Waals surface area contributed by atoms with Crippen LogP contribution in [0.5, 0.6) is 0 Å². The molecule has 7 heteroatoms. The Hall–Kier alpha value is -2.83. The molecule has 1 fully saturated rings. The summed E-state index contributed by atoms with van der Waals surface area (Å²) in [6.07, 6.45) is 3.73. The summed E-state index contributed by atoms with van der Waals surface area (Å²) in [6.45, 7) is 1.29. The van der Waals surface area contributed by atoms with Crippen LogP contribution in [0.25, 0.3) is 10.9 Å². The molecule has 3 N–H and O–H groups in total. The molecule has 1 aliphatic rings. The van der Waals surface area contributed by atoms with Crippen molar-refractivity contribution in [3.63, 3.8) is 0 Å². The van der Waals surface area contributed by atoms with Crippen molar-refractivity contribution in [3.8, 4) is 0 Å². The summed E-state index contributed by atoms with van der Waals surface area (Å²) < 4.78 is 0. The SMILES string of the molecule is O=C(NCC(=O)N1CCCC1)C(=O)Nc1cccc2[nH]ccc12. The number of amides is 3. The maximum Gasteiger partial charge on any atom is 0.313 e. The Balaban J connectivity index is 1.56. The molecule has 0 bridgehead atoms. The Kier molecular flexibility index (Phi) is 4.27. The van der Waals surface area contributed by atoms with Crippen molar-refractivity contribution in [1.29, 1.82) is 0 Å². The Morgan fingerprint density at radius 3 is 2.65 bits per heavy atom. The number of fused-ring (bicyclic) bond motifs is 1. The standard InChI is InChI=1S/C16H18N4O3/c21-14(20-8-1-2-9-20)10-18-15(22)16(23)19-13-5-3-4-12-11(13)6-7-17-12/h3-7,17H,1-2,8-10H2,(H,18,22)(H,19,23). The molecule has 3 rings (SSSR count). The van der Waals surface area contributed by atoms with Gasteiger partial charge < -0.3 is 20.5 Å². The van der Waals surface area contributed by atoms with Crippen LogP contribution in [0, 0.1) is 0 Å². The molecular formula is C16H18N4O3. The van der Waals surface area contributed by atoms with Gasteiger partial charge in [0.05, 0.1) is 12.2 Å². The first-order chi connectivity index (χ1) is 11.1. The highest BCUT2D eigenvalue weighted by atomic mass is 16.2. The number of likely N-dealkylation sites (tertiary alicyclic amines) is 1. The van der Waals surface area contributed by atoms with Gasteiger partial charge in [-0.15, -0.1) is 0 Å². The molecule has 0 saturated carbocycles. The van der Waals surface area contributed by atoms with Gasteiger partial charge in [0.15, 0.2) is 0 Å². The first kappa shape index (κ1) is 15.1. The topological polar surface area (TPSA) is 94.3 Å². The molecule has 0 unspecified atom stereocenters. The van der Waals surface area contributed by atoms with E-state index in [0.29, 0.717) is 5.69 Å². The average molecular weight is 314 g/mol. The molecule has 120 valence electrons. The highest BCUT2D eigenvalue weighted by molar-refractivity contribution is 6.40. The fourth-order valence-corrected chi connectivity index (χ4v) is 2.69. The van der Waals surface area contributed by atoms with Gasteiger partial charge in [0.25, 0.3) is 0 Å². The van der Waals surface area contributed by atoms with Crippen LogP contribution in [0.3, 0.4) is 0 Å². The van der Waals surface area contributed by atoms with Gasteiger partial charge in [0, 0.05) is 30.2 Å². The zero-order chi connectivity index (χ0) is 16.2. The molecule has 1 aromatic heterocycles. The Morgan fingerprint density at radius 2 is 1.87 bits per heavy atom. The lowest BCUT2D eigenvalue weighted by molar-refractivity contribution is -0.138. The number of anilines is 1. The van der Waals surface area contributed by atoms with E-state index in [1.54, 1.807) is 23.2 Å². The quantitative estimate of drug-likeness (QED) is 0.733. The van der Waals surface area contributed by atoms with Gasteiger partial charge in [-0.1, -0.05) is 6.07 Å². The highest BCUT2D eigenvalue weighted by Gasteiger charge is 2.20. The lowest BCUT2D eigenvalue weighted by Gasteiger charge is -2.15. The largest absolute Gasteiger partial charge is 0.361 e. The number of rotatable bonds is 3. The van der Waals surface area contributed by atoms with Gasteiger partial charge >= 0.3 is 11.8 Å². The molecular weight excluding hydrogens is 296 g/mol. The summed E-state index contributed by atoms with van der Waals surface area (Å²) in [6, 6.07) is 7.19. The van der Waals surface area contributed by atoms with Gasteiger partial charge in [-0.3, -0.25) is 14.4 Å². The number of nitrogens with zero attached hydrogens (tertiary/aromatic N) is 1. The van der Waals surface area contributed by atoms with Crippen molar-refractivity contribution < 1.29 is 14.4 Å². The first-order valence-electron chi connectivity index (χ1n) is 7.58. The number of aromatic nitrogens is 1. The van der Waals surface area contributed by atoms with E-state index in [1.807, 2.05) is 12.1 Å². The third kappa shape index (κ3) is 3.33. The monoisotopic (exact) mass is 314 g/mol. The first-order valence-corrected chi connectivity index (χ1v) is 7.58.